The summed E-state index contributed by atoms with van der Waals surface area (Å²) < 4.78 is 4.99. The van der Waals surface area contributed by atoms with Gasteiger partial charge in [-0.3, -0.25) is 9.59 Å². The molecule has 1 aromatic rings. The second kappa shape index (κ2) is 5.55. The van der Waals surface area contributed by atoms with Gasteiger partial charge < -0.3 is 15.8 Å². The normalized spacial score (nSPS) is 10.1. The van der Waals surface area contributed by atoms with Gasteiger partial charge in [0.2, 0.25) is 11.8 Å². The first-order valence-electron chi connectivity index (χ1n) is 4.54. The van der Waals surface area contributed by atoms with Gasteiger partial charge in [0.25, 0.3) is 0 Å². The van der Waals surface area contributed by atoms with Gasteiger partial charge in [-0.2, -0.15) is 0 Å². The van der Waals surface area contributed by atoms with Crippen LogP contribution in [-0.4, -0.2) is 18.9 Å². The summed E-state index contributed by atoms with van der Waals surface area (Å²) in [6.45, 7) is 0. The molecule has 0 bridgehead atoms. The average molecular weight is 220 g/mol. The summed E-state index contributed by atoms with van der Waals surface area (Å²) in [4.78, 5) is 21.7. The molecule has 0 aliphatic heterocycles. The molecule has 0 aromatic heterocycles. The van der Waals surface area contributed by atoms with Crippen molar-refractivity contribution in [3.05, 3.63) is 36.4 Å². The Bertz CT molecular complexity index is 427. The summed E-state index contributed by atoms with van der Waals surface area (Å²) >= 11 is 0. The van der Waals surface area contributed by atoms with Gasteiger partial charge >= 0.3 is 0 Å². The molecule has 2 amide bonds. The van der Waals surface area contributed by atoms with E-state index in [1.807, 2.05) is 0 Å². The lowest BCUT2D eigenvalue weighted by Crippen LogP contribution is -2.11. The van der Waals surface area contributed by atoms with Crippen LogP contribution in [0.1, 0.15) is 0 Å². The Kier molecular flexibility index (Phi) is 4.08. The Labute approximate surface area is 92.9 Å². The minimum Gasteiger partial charge on any atom is -0.497 e. The first kappa shape index (κ1) is 11.8. The van der Waals surface area contributed by atoms with Crippen LogP contribution in [0.2, 0.25) is 0 Å². The summed E-state index contributed by atoms with van der Waals surface area (Å²) in [6.07, 6.45) is 2.07. The van der Waals surface area contributed by atoms with Crippen LogP contribution in [0.4, 0.5) is 5.69 Å². The smallest absolute Gasteiger partial charge is 0.248 e. The van der Waals surface area contributed by atoms with E-state index in [4.69, 9.17) is 10.5 Å². The van der Waals surface area contributed by atoms with E-state index in [1.165, 1.54) is 7.11 Å². The highest BCUT2D eigenvalue weighted by atomic mass is 16.5. The van der Waals surface area contributed by atoms with Crippen LogP contribution in [0.15, 0.2) is 36.4 Å². The van der Waals surface area contributed by atoms with Crippen LogP contribution in [-0.2, 0) is 9.59 Å². The number of hydrogen-bond acceptors (Lipinski definition) is 3. The molecule has 5 heteroatoms. The number of nitrogens with one attached hydrogen (secondary N) is 1. The second-order valence-electron chi connectivity index (χ2n) is 2.96. The molecular formula is C11H12N2O3. The van der Waals surface area contributed by atoms with Crippen molar-refractivity contribution in [2.24, 2.45) is 5.73 Å². The molecule has 0 heterocycles. The molecule has 3 N–H and O–H groups in total. The molecule has 0 radical (unpaired) electrons. The SMILES string of the molecule is COc1cccc(NC(=O)/C=C\C(N)=O)c1. The largest absolute Gasteiger partial charge is 0.497 e. The third-order valence-electron chi connectivity index (χ3n) is 1.74. The Hall–Kier alpha value is -2.30. The molecule has 0 saturated carbocycles. The number of carbonyl (C=O) groups is 2. The molecule has 16 heavy (non-hydrogen) atoms. The highest BCUT2D eigenvalue weighted by Gasteiger charge is 1.99. The number of ether oxygens (including phenoxy) is 1. The Morgan fingerprint density at radius 3 is 2.75 bits per heavy atom. The molecule has 0 saturated heterocycles. The van der Waals surface area contributed by atoms with Crippen molar-refractivity contribution in [3.63, 3.8) is 0 Å². The second-order valence-corrected chi connectivity index (χ2v) is 2.96. The van der Waals surface area contributed by atoms with Crippen molar-refractivity contribution in [1.29, 1.82) is 0 Å². The zero-order chi connectivity index (χ0) is 12.0. The van der Waals surface area contributed by atoms with E-state index in [-0.39, 0.29) is 0 Å². The van der Waals surface area contributed by atoms with Gasteiger partial charge in [0, 0.05) is 23.9 Å². The number of benzene rings is 1. The average Bonchev–Trinajstić information content (AvgIpc) is 2.26. The molecule has 0 fully saturated rings. The van der Waals surface area contributed by atoms with Gasteiger partial charge in [0.05, 0.1) is 7.11 Å². The minimum atomic E-state index is -0.666. The Morgan fingerprint density at radius 2 is 2.12 bits per heavy atom. The predicted octanol–water partition coefficient (Wildman–Crippen LogP) is 0.675. The summed E-state index contributed by atoms with van der Waals surface area (Å²) in [6, 6.07) is 6.87. The first-order chi connectivity index (χ1) is 7.61. The lowest BCUT2D eigenvalue weighted by atomic mass is 10.3. The summed E-state index contributed by atoms with van der Waals surface area (Å²) in [5.41, 5.74) is 5.44. The topological polar surface area (TPSA) is 81.4 Å². The first-order valence-corrected chi connectivity index (χ1v) is 4.54. The molecule has 1 rings (SSSR count). The standard InChI is InChI=1S/C11H12N2O3/c1-16-9-4-2-3-8(7-9)13-11(15)6-5-10(12)14/h2-7H,1H3,(H2,12,14)(H,13,15)/b6-5-. The summed E-state index contributed by atoms with van der Waals surface area (Å²) in [7, 11) is 1.54. The van der Waals surface area contributed by atoms with Gasteiger partial charge in [-0.1, -0.05) is 6.07 Å². The van der Waals surface area contributed by atoms with Gasteiger partial charge in [-0.05, 0) is 12.1 Å². The van der Waals surface area contributed by atoms with E-state index in [0.717, 1.165) is 12.2 Å². The molecule has 1 aromatic carbocycles. The van der Waals surface area contributed by atoms with Crippen molar-refractivity contribution in [1.82, 2.24) is 0 Å². The van der Waals surface area contributed by atoms with E-state index in [2.05, 4.69) is 5.32 Å². The molecule has 0 atom stereocenters. The molecule has 0 aliphatic rings. The number of nitrogens with two attached hydrogens (primary N) is 1. The summed E-state index contributed by atoms with van der Waals surface area (Å²) in [5.74, 6) is -0.454. The maximum absolute atomic E-state index is 11.3. The number of hydrogen-bond donors (Lipinski definition) is 2. The fraction of sp³-hybridized carbons (Fsp3) is 0.0909. The number of anilines is 1. The number of carbonyl (C=O) groups excluding carboxylic acids is 2. The number of primary amides is 1. The van der Waals surface area contributed by atoms with Crippen LogP contribution >= 0.6 is 0 Å². The van der Waals surface area contributed by atoms with Gasteiger partial charge in [0.15, 0.2) is 0 Å². The number of amides is 2. The van der Waals surface area contributed by atoms with Crippen molar-refractivity contribution in [2.75, 3.05) is 12.4 Å². The molecule has 84 valence electrons. The van der Waals surface area contributed by atoms with Gasteiger partial charge in [-0.15, -0.1) is 0 Å². The van der Waals surface area contributed by atoms with Gasteiger partial charge in [0.1, 0.15) is 5.75 Å². The zero-order valence-electron chi connectivity index (χ0n) is 8.77. The molecule has 0 spiro atoms. The van der Waals surface area contributed by atoms with E-state index in [0.29, 0.717) is 11.4 Å². The highest BCUT2D eigenvalue weighted by molar-refractivity contribution is 6.03. The lowest BCUT2D eigenvalue weighted by Gasteiger charge is -2.04. The predicted molar refractivity (Wildman–Crippen MR) is 60.0 cm³/mol. The van der Waals surface area contributed by atoms with E-state index >= 15 is 0 Å². The van der Waals surface area contributed by atoms with Crippen molar-refractivity contribution < 1.29 is 14.3 Å². The highest BCUT2D eigenvalue weighted by Crippen LogP contribution is 2.16. The maximum atomic E-state index is 11.3. The van der Waals surface area contributed by atoms with E-state index < -0.39 is 11.8 Å². The monoisotopic (exact) mass is 220 g/mol. The van der Waals surface area contributed by atoms with Crippen molar-refractivity contribution >= 4 is 17.5 Å². The quantitative estimate of drug-likeness (QED) is 0.732. The van der Waals surface area contributed by atoms with Crippen molar-refractivity contribution in [2.45, 2.75) is 0 Å². The molecule has 5 nitrogen and oxygen atoms in total. The Balaban J connectivity index is 2.65. The fourth-order valence-electron chi connectivity index (χ4n) is 1.04. The number of methoxy groups -OCH3 is 1. The minimum absolute atomic E-state index is 0.424. The third kappa shape index (κ3) is 3.83. The molecule has 0 unspecified atom stereocenters. The van der Waals surface area contributed by atoms with Crippen molar-refractivity contribution in [3.8, 4) is 5.75 Å². The van der Waals surface area contributed by atoms with Crippen LogP contribution in [0.25, 0.3) is 0 Å². The molecule has 0 aliphatic carbocycles. The number of rotatable bonds is 4. The van der Waals surface area contributed by atoms with E-state index in [1.54, 1.807) is 24.3 Å². The zero-order valence-corrected chi connectivity index (χ0v) is 8.77. The van der Waals surface area contributed by atoms with Crippen LogP contribution < -0.4 is 15.8 Å². The summed E-state index contributed by atoms with van der Waals surface area (Å²) in [5, 5.41) is 2.56. The van der Waals surface area contributed by atoms with Crippen LogP contribution in [0.3, 0.4) is 0 Å². The van der Waals surface area contributed by atoms with Crippen LogP contribution in [0, 0.1) is 0 Å². The molecular weight excluding hydrogens is 208 g/mol. The Morgan fingerprint density at radius 1 is 1.38 bits per heavy atom. The van der Waals surface area contributed by atoms with Gasteiger partial charge in [-0.25, -0.2) is 0 Å². The fourth-order valence-corrected chi connectivity index (χ4v) is 1.04. The third-order valence-corrected chi connectivity index (χ3v) is 1.74. The lowest BCUT2D eigenvalue weighted by molar-refractivity contribution is -0.115. The van der Waals surface area contributed by atoms with Crippen LogP contribution in [0.5, 0.6) is 5.75 Å². The van der Waals surface area contributed by atoms with E-state index in [9.17, 15) is 9.59 Å². The maximum Gasteiger partial charge on any atom is 0.248 e.